The summed E-state index contributed by atoms with van der Waals surface area (Å²) in [6.45, 7) is 3.91. The van der Waals surface area contributed by atoms with Gasteiger partial charge in [-0.3, -0.25) is 0 Å². The molecule has 0 aliphatic rings. The molecule has 0 saturated carbocycles. The van der Waals surface area contributed by atoms with Crippen LogP contribution in [0.2, 0.25) is 5.02 Å². The maximum Gasteiger partial charge on any atom is 0.152 e. The average Bonchev–Trinajstić information content (AvgIpc) is 2.34. The van der Waals surface area contributed by atoms with E-state index < -0.39 is 9.84 Å². The molecule has 2 N–H and O–H groups in total. The van der Waals surface area contributed by atoms with E-state index in [4.69, 9.17) is 17.3 Å². The van der Waals surface area contributed by atoms with Crippen molar-refractivity contribution in [2.45, 2.75) is 31.9 Å². The van der Waals surface area contributed by atoms with Crippen LogP contribution in [0.5, 0.6) is 0 Å². The summed E-state index contributed by atoms with van der Waals surface area (Å²) >= 11 is 5.94. The minimum absolute atomic E-state index is 0.173. The molecule has 108 valence electrons. The molecule has 1 rings (SSSR count). The van der Waals surface area contributed by atoms with Gasteiger partial charge in [-0.2, -0.15) is 0 Å². The fourth-order valence-corrected chi connectivity index (χ4v) is 3.21. The Kier molecular flexibility index (Phi) is 6.30. The van der Waals surface area contributed by atoms with Gasteiger partial charge in [0.05, 0.1) is 11.0 Å². The topological polar surface area (TPSA) is 60.2 Å². The summed E-state index contributed by atoms with van der Waals surface area (Å²) in [4.78, 5) is 0. The Labute approximate surface area is 121 Å². The number of nitrogens with two attached hydrogens (primary N) is 1. The normalized spacial score (nSPS) is 13.7. The van der Waals surface area contributed by atoms with E-state index in [0.29, 0.717) is 18.0 Å². The van der Waals surface area contributed by atoms with Gasteiger partial charge in [-0.1, -0.05) is 23.7 Å². The van der Waals surface area contributed by atoms with Crippen molar-refractivity contribution in [2.24, 2.45) is 11.7 Å². The molecule has 1 aromatic rings. The smallest absolute Gasteiger partial charge is 0.152 e. The molecule has 0 bridgehead atoms. The standard InChI is InChI=1S/C14H22ClNO2S/c1-11(2)19(17,18)7-6-13(10-16)8-12-4-3-5-14(15)9-12/h3-5,9,11,13H,6-8,10,16H2,1-2H3. The van der Waals surface area contributed by atoms with Gasteiger partial charge in [-0.05, 0) is 56.8 Å². The lowest BCUT2D eigenvalue weighted by molar-refractivity contribution is 0.509. The van der Waals surface area contributed by atoms with Crippen LogP contribution in [0.3, 0.4) is 0 Å². The maximum atomic E-state index is 11.8. The molecule has 5 heteroatoms. The van der Waals surface area contributed by atoms with Gasteiger partial charge in [0.25, 0.3) is 0 Å². The summed E-state index contributed by atoms with van der Waals surface area (Å²) in [6.07, 6.45) is 1.37. The van der Waals surface area contributed by atoms with Crippen LogP contribution < -0.4 is 5.73 Å². The lowest BCUT2D eigenvalue weighted by atomic mass is 9.97. The largest absolute Gasteiger partial charge is 0.330 e. The molecular formula is C14H22ClNO2S. The van der Waals surface area contributed by atoms with Crippen molar-refractivity contribution in [3.63, 3.8) is 0 Å². The zero-order chi connectivity index (χ0) is 14.5. The van der Waals surface area contributed by atoms with Gasteiger partial charge in [0.2, 0.25) is 0 Å². The highest BCUT2D eigenvalue weighted by Gasteiger charge is 2.18. The quantitative estimate of drug-likeness (QED) is 0.842. The number of halogens is 1. The van der Waals surface area contributed by atoms with Crippen molar-refractivity contribution in [2.75, 3.05) is 12.3 Å². The number of rotatable bonds is 7. The van der Waals surface area contributed by atoms with Crippen molar-refractivity contribution in [3.8, 4) is 0 Å². The highest BCUT2D eigenvalue weighted by molar-refractivity contribution is 7.91. The Hall–Kier alpha value is -0.580. The monoisotopic (exact) mass is 303 g/mol. The van der Waals surface area contributed by atoms with E-state index in [1.807, 2.05) is 24.3 Å². The third kappa shape index (κ3) is 5.51. The van der Waals surface area contributed by atoms with Crippen molar-refractivity contribution in [1.82, 2.24) is 0 Å². The van der Waals surface area contributed by atoms with E-state index in [9.17, 15) is 8.42 Å². The first-order valence-corrected chi connectivity index (χ1v) is 8.60. The third-order valence-electron chi connectivity index (χ3n) is 3.28. The predicted molar refractivity (Wildman–Crippen MR) is 81.2 cm³/mol. The van der Waals surface area contributed by atoms with E-state index in [0.717, 1.165) is 12.0 Å². The van der Waals surface area contributed by atoms with Crippen LogP contribution in [0.15, 0.2) is 24.3 Å². The molecule has 0 saturated heterocycles. The highest BCUT2D eigenvalue weighted by atomic mass is 35.5. The molecule has 0 heterocycles. The summed E-state index contributed by atoms with van der Waals surface area (Å²) in [5.41, 5.74) is 6.84. The van der Waals surface area contributed by atoms with Crippen LogP contribution in [-0.2, 0) is 16.3 Å². The predicted octanol–water partition coefficient (Wildman–Crippen LogP) is 2.67. The molecule has 0 aliphatic heterocycles. The second-order valence-corrected chi connectivity index (χ2v) is 8.25. The molecule has 1 unspecified atom stereocenters. The average molecular weight is 304 g/mol. The van der Waals surface area contributed by atoms with Gasteiger partial charge in [-0.25, -0.2) is 8.42 Å². The van der Waals surface area contributed by atoms with Gasteiger partial charge < -0.3 is 5.73 Å². The minimum atomic E-state index is -2.99. The fourth-order valence-electron chi connectivity index (χ4n) is 1.87. The zero-order valence-electron chi connectivity index (χ0n) is 11.5. The Morgan fingerprint density at radius 3 is 2.53 bits per heavy atom. The lowest BCUT2D eigenvalue weighted by Gasteiger charge is -2.16. The van der Waals surface area contributed by atoms with Crippen LogP contribution in [0.1, 0.15) is 25.8 Å². The van der Waals surface area contributed by atoms with Crippen LogP contribution in [0.4, 0.5) is 0 Å². The summed E-state index contributed by atoms with van der Waals surface area (Å²) in [6, 6.07) is 7.62. The molecule has 0 amide bonds. The van der Waals surface area contributed by atoms with Crippen molar-refractivity contribution in [1.29, 1.82) is 0 Å². The summed E-state index contributed by atoms with van der Waals surface area (Å²) < 4.78 is 23.6. The summed E-state index contributed by atoms with van der Waals surface area (Å²) in [7, 11) is -2.99. The van der Waals surface area contributed by atoms with Gasteiger partial charge in [0.1, 0.15) is 0 Å². The molecule has 0 aromatic heterocycles. The molecular weight excluding hydrogens is 282 g/mol. The van der Waals surface area contributed by atoms with E-state index in [-0.39, 0.29) is 16.9 Å². The first kappa shape index (κ1) is 16.5. The van der Waals surface area contributed by atoms with Crippen molar-refractivity contribution < 1.29 is 8.42 Å². The molecule has 0 radical (unpaired) electrons. The highest BCUT2D eigenvalue weighted by Crippen LogP contribution is 2.17. The van der Waals surface area contributed by atoms with Gasteiger partial charge in [0.15, 0.2) is 9.84 Å². The van der Waals surface area contributed by atoms with Gasteiger partial charge in [-0.15, -0.1) is 0 Å². The second-order valence-electron chi connectivity index (χ2n) is 5.14. The molecule has 19 heavy (non-hydrogen) atoms. The molecule has 0 spiro atoms. The molecule has 0 fully saturated rings. The van der Waals surface area contributed by atoms with E-state index in [2.05, 4.69) is 0 Å². The van der Waals surface area contributed by atoms with Crippen molar-refractivity contribution >= 4 is 21.4 Å². The SMILES string of the molecule is CC(C)S(=O)(=O)CCC(CN)Cc1cccc(Cl)c1. The minimum Gasteiger partial charge on any atom is -0.330 e. The first-order chi connectivity index (χ1) is 8.85. The number of sulfone groups is 1. The van der Waals surface area contributed by atoms with Gasteiger partial charge in [0, 0.05) is 5.02 Å². The zero-order valence-corrected chi connectivity index (χ0v) is 13.0. The van der Waals surface area contributed by atoms with E-state index in [1.54, 1.807) is 13.8 Å². The van der Waals surface area contributed by atoms with E-state index in [1.165, 1.54) is 0 Å². The van der Waals surface area contributed by atoms with Crippen LogP contribution in [0, 0.1) is 5.92 Å². The Morgan fingerprint density at radius 2 is 2.00 bits per heavy atom. The van der Waals surface area contributed by atoms with Crippen LogP contribution in [0.25, 0.3) is 0 Å². The maximum absolute atomic E-state index is 11.8. The van der Waals surface area contributed by atoms with Crippen molar-refractivity contribution in [3.05, 3.63) is 34.9 Å². The molecule has 1 atom stereocenters. The van der Waals surface area contributed by atoms with Crippen LogP contribution >= 0.6 is 11.6 Å². The second kappa shape index (κ2) is 7.27. The number of hydrogen-bond donors (Lipinski definition) is 1. The number of benzene rings is 1. The molecule has 1 aromatic carbocycles. The van der Waals surface area contributed by atoms with Crippen LogP contribution in [-0.4, -0.2) is 26.0 Å². The summed E-state index contributed by atoms with van der Waals surface area (Å²) in [5.74, 6) is 0.375. The molecule has 3 nitrogen and oxygen atoms in total. The summed E-state index contributed by atoms with van der Waals surface area (Å²) in [5, 5.41) is 0.375. The first-order valence-electron chi connectivity index (χ1n) is 6.51. The molecule has 0 aliphatic carbocycles. The fraction of sp³-hybridized carbons (Fsp3) is 0.571. The third-order valence-corrected chi connectivity index (χ3v) is 5.75. The van der Waals surface area contributed by atoms with E-state index >= 15 is 0 Å². The Balaban J connectivity index is 2.60. The van der Waals surface area contributed by atoms with Gasteiger partial charge >= 0.3 is 0 Å². The Bertz CT molecular complexity index is 500. The lowest BCUT2D eigenvalue weighted by Crippen LogP contribution is -2.24. The Morgan fingerprint density at radius 1 is 1.32 bits per heavy atom. The number of hydrogen-bond acceptors (Lipinski definition) is 3.